The first-order valence-corrected chi connectivity index (χ1v) is 12.0. The maximum Gasteiger partial charge on any atom is 0.297 e. The van der Waals surface area contributed by atoms with Gasteiger partial charge in [-0.05, 0) is 55.0 Å². The second-order valence-electron chi connectivity index (χ2n) is 8.08. The zero-order chi connectivity index (χ0) is 24.1. The molecule has 6 rings (SSSR count). The molecule has 174 valence electrons. The number of hydrogen-bond donors (Lipinski definition) is 0. The van der Waals surface area contributed by atoms with Gasteiger partial charge in [-0.1, -0.05) is 35.6 Å². The molecule has 1 unspecified atom stereocenters. The molecule has 3 aromatic carbocycles. The lowest BCUT2D eigenvalue weighted by molar-refractivity contribution is 0.0971. The van der Waals surface area contributed by atoms with Gasteiger partial charge in [-0.2, -0.15) is 0 Å². The normalized spacial score (nSPS) is 15.1. The topological polar surface area (TPSA) is 81.9 Å². The highest BCUT2D eigenvalue weighted by molar-refractivity contribution is 7.22. The van der Waals surface area contributed by atoms with Gasteiger partial charge in [0.05, 0.1) is 40.9 Å². The number of methoxy groups -OCH3 is 1. The Labute approximate surface area is 204 Å². The number of fused-ring (bicyclic) bond motifs is 3. The molecule has 0 bridgehead atoms. The summed E-state index contributed by atoms with van der Waals surface area (Å²) in [5, 5.41) is 0.916. The lowest BCUT2D eigenvalue weighted by Crippen LogP contribution is -2.29. The number of amides is 1. The van der Waals surface area contributed by atoms with E-state index in [1.54, 1.807) is 36.3 Å². The fraction of sp³-hybridized carbons (Fsp3) is 0.148. The van der Waals surface area contributed by atoms with Gasteiger partial charge in [0.15, 0.2) is 10.6 Å². The van der Waals surface area contributed by atoms with Crippen molar-refractivity contribution < 1.29 is 18.7 Å². The maximum atomic E-state index is 13.8. The molecule has 1 amide bonds. The van der Waals surface area contributed by atoms with E-state index in [2.05, 4.69) is 0 Å². The molecule has 2 aromatic heterocycles. The number of hydrogen-bond acceptors (Lipinski definition) is 7. The second kappa shape index (κ2) is 8.25. The monoisotopic (exact) mass is 484 g/mol. The van der Waals surface area contributed by atoms with Crippen LogP contribution in [-0.4, -0.2) is 24.6 Å². The quantitative estimate of drug-likeness (QED) is 0.325. The minimum absolute atomic E-state index is 0.0452. The van der Waals surface area contributed by atoms with Gasteiger partial charge in [0.1, 0.15) is 17.1 Å². The molecule has 8 heteroatoms. The number of benzene rings is 3. The highest BCUT2D eigenvalue weighted by Crippen LogP contribution is 2.44. The SMILES string of the molecule is CCOc1ccc2nc(N3C(=O)c4oc5ccccc5c(=O)c4C3c3ccc(OC)cc3)sc2c1. The van der Waals surface area contributed by atoms with E-state index in [1.807, 2.05) is 49.4 Å². The number of para-hydroxylation sites is 1. The average Bonchev–Trinajstić information content (AvgIpc) is 3.43. The van der Waals surface area contributed by atoms with E-state index >= 15 is 0 Å². The van der Waals surface area contributed by atoms with Gasteiger partial charge < -0.3 is 13.9 Å². The number of thiazole rings is 1. The standard InChI is InChI=1S/C27H20N2O5S/c1-3-33-17-12-13-19-21(14-17)35-27(28-19)29-23(15-8-10-16(32-2)11-9-15)22-24(30)18-6-4-5-7-20(18)34-25(22)26(29)31/h4-14,23H,3H2,1-2H3. The number of carbonyl (C=O) groups excluding carboxylic acids is 1. The predicted molar refractivity (Wildman–Crippen MR) is 135 cm³/mol. The first-order chi connectivity index (χ1) is 17.1. The molecule has 0 radical (unpaired) electrons. The Morgan fingerprint density at radius 1 is 1.03 bits per heavy atom. The lowest BCUT2D eigenvalue weighted by Gasteiger charge is -2.22. The molecule has 0 fully saturated rings. The minimum atomic E-state index is -0.684. The molecule has 7 nitrogen and oxygen atoms in total. The van der Waals surface area contributed by atoms with Crippen LogP contribution in [0.25, 0.3) is 21.2 Å². The van der Waals surface area contributed by atoms with Crippen molar-refractivity contribution in [2.45, 2.75) is 13.0 Å². The average molecular weight is 485 g/mol. The van der Waals surface area contributed by atoms with Crippen molar-refractivity contribution >= 4 is 43.6 Å². The molecule has 1 atom stereocenters. The number of rotatable bonds is 5. The number of carbonyl (C=O) groups is 1. The van der Waals surface area contributed by atoms with E-state index in [-0.39, 0.29) is 11.2 Å². The first kappa shape index (κ1) is 21.4. The van der Waals surface area contributed by atoms with Crippen molar-refractivity contribution in [3.8, 4) is 11.5 Å². The van der Waals surface area contributed by atoms with Gasteiger partial charge in [-0.15, -0.1) is 0 Å². The fourth-order valence-electron chi connectivity index (χ4n) is 4.47. The van der Waals surface area contributed by atoms with Crippen LogP contribution in [0.3, 0.4) is 0 Å². The summed E-state index contributed by atoms with van der Waals surface area (Å²) in [7, 11) is 1.59. The highest BCUT2D eigenvalue weighted by atomic mass is 32.1. The number of aromatic nitrogens is 1. The maximum absolute atomic E-state index is 13.8. The Morgan fingerprint density at radius 2 is 1.80 bits per heavy atom. The van der Waals surface area contributed by atoms with E-state index in [0.717, 1.165) is 21.5 Å². The largest absolute Gasteiger partial charge is 0.497 e. The van der Waals surface area contributed by atoms with Crippen molar-refractivity contribution in [2.75, 3.05) is 18.6 Å². The van der Waals surface area contributed by atoms with Crippen LogP contribution < -0.4 is 19.8 Å². The Morgan fingerprint density at radius 3 is 2.57 bits per heavy atom. The smallest absolute Gasteiger partial charge is 0.297 e. The van der Waals surface area contributed by atoms with Crippen LogP contribution in [0.5, 0.6) is 11.5 Å². The first-order valence-electron chi connectivity index (χ1n) is 11.2. The van der Waals surface area contributed by atoms with Crippen molar-refractivity contribution in [3.63, 3.8) is 0 Å². The van der Waals surface area contributed by atoms with Crippen molar-refractivity contribution in [2.24, 2.45) is 0 Å². The number of anilines is 1. The Hall–Kier alpha value is -4.17. The van der Waals surface area contributed by atoms with Gasteiger partial charge in [0.2, 0.25) is 5.76 Å². The molecule has 3 heterocycles. The Balaban J connectivity index is 1.57. The molecule has 0 N–H and O–H groups in total. The molecule has 35 heavy (non-hydrogen) atoms. The third-order valence-corrected chi connectivity index (χ3v) is 7.09. The van der Waals surface area contributed by atoms with Crippen LogP contribution in [0.1, 0.15) is 34.6 Å². The van der Waals surface area contributed by atoms with E-state index in [1.165, 1.54) is 11.3 Å². The van der Waals surface area contributed by atoms with E-state index < -0.39 is 11.9 Å². The third-order valence-electron chi connectivity index (χ3n) is 6.07. The highest BCUT2D eigenvalue weighted by Gasteiger charge is 2.45. The van der Waals surface area contributed by atoms with Crippen molar-refractivity contribution in [1.29, 1.82) is 0 Å². The molecular weight excluding hydrogens is 464 g/mol. The fourth-order valence-corrected chi connectivity index (χ4v) is 5.49. The second-order valence-corrected chi connectivity index (χ2v) is 9.09. The van der Waals surface area contributed by atoms with E-state index in [0.29, 0.717) is 34.0 Å². The van der Waals surface area contributed by atoms with Crippen LogP contribution in [0.15, 0.2) is 75.9 Å². The zero-order valence-corrected chi connectivity index (χ0v) is 19.8. The van der Waals surface area contributed by atoms with Gasteiger partial charge >= 0.3 is 0 Å². The van der Waals surface area contributed by atoms with Gasteiger partial charge in [0, 0.05) is 0 Å². The number of ether oxygens (including phenoxy) is 2. The predicted octanol–water partition coefficient (Wildman–Crippen LogP) is 5.56. The van der Waals surface area contributed by atoms with E-state index in [4.69, 9.17) is 18.9 Å². The summed E-state index contributed by atoms with van der Waals surface area (Å²) in [5.74, 6) is 1.07. The summed E-state index contributed by atoms with van der Waals surface area (Å²) < 4.78 is 17.8. The molecule has 0 aliphatic carbocycles. The van der Waals surface area contributed by atoms with Crippen LogP contribution >= 0.6 is 11.3 Å². The van der Waals surface area contributed by atoms with Crippen LogP contribution in [0.4, 0.5) is 5.13 Å². The van der Waals surface area contributed by atoms with Gasteiger partial charge in [-0.25, -0.2) is 4.98 Å². The van der Waals surface area contributed by atoms with Crippen molar-refractivity contribution in [1.82, 2.24) is 4.98 Å². The zero-order valence-electron chi connectivity index (χ0n) is 19.0. The Bertz CT molecular complexity index is 1650. The Kier molecular flexibility index (Phi) is 5.04. The van der Waals surface area contributed by atoms with Crippen LogP contribution in [0, 0.1) is 0 Å². The molecule has 0 saturated carbocycles. The summed E-state index contributed by atoms with van der Waals surface area (Å²) in [6.07, 6.45) is 0. The van der Waals surface area contributed by atoms with E-state index in [9.17, 15) is 9.59 Å². The van der Waals surface area contributed by atoms with Crippen molar-refractivity contribution in [3.05, 3.63) is 93.8 Å². The minimum Gasteiger partial charge on any atom is -0.497 e. The summed E-state index contributed by atoms with van der Waals surface area (Å²) in [5.41, 5.74) is 1.97. The summed E-state index contributed by atoms with van der Waals surface area (Å²) in [4.78, 5) is 33.7. The third kappa shape index (κ3) is 3.37. The molecule has 0 spiro atoms. The molecule has 5 aromatic rings. The molecule has 0 saturated heterocycles. The van der Waals surface area contributed by atoms with Gasteiger partial charge in [-0.3, -0.25) is 14.5 Å². The summed E-state index contributed by atoms with van der Waals surface area (Å²) >= 11 is 1.37. The molecule has 1 aliphatic heterocycles. The molecule has 1 aliphatic rings. The summed E-state index contributed by atoms with van der Waals surface area (Å²) in [6, 6.07) is 19.3. The molecular formula is C27H20N2O5S. The van der Waals surface area contributed by atoms with Crippen LogP contribution in [0.2, 0.25) is 0 Å². The van der Waals surface area contributed by atoms with Crippen LogP contribution in [-0.2, 0) is 0 Å². The summed E-state index contributed by atoms with van der Waals surface area (Å²) in [6.45, 7) is 2.48. The lowest BCUT2D eigenvalue weighted by atomic mass is 9.98. The number of nitrogens with zero attached hydrogens (tertiary/aromatic N) is 2. The van der Waals surface area contributed by atoms with Gasteiger partial charge in [0.25, 0.3) is 5.91 Å².